The summed E-state index contributed by atoms with van der Waals surface area (Å²) >= 11 is 0. The fourth-order valence-corrected chi connectivity index (χ4v) is 3.41. The first-order valence-corrected chi connectivity index (χ1v) is 11.3. The number of aryl methyl sites for hydroxylation is 1. The Morgan fingerprint density at radius 3 is 2.63 bits per heavy atom. The highest BCUT2D eigenvalue weighted by atomic mass is 16.5. The van der Waals surface area contributed by atoms with Gasteiger partial charge in [-0.2, -0.15) is 0 Å². The second-order valence-corrected chi connectivity index (χ2v) is 7.93. The van der Waals surface area contributed by atoms with Gasteiger partial charge in [0.2, 0.25) is 0 Å². The Morgan fingerprint density at radius 1 is 1.10 bits per heavy atom. The number of piperazine rings is 1. The van der Waals surface area contributed by atoms with Crippen LogP contribution >= 0.6 is 0 Å². The third-order valence-electron chi connectivity index (χ3n) is 5.31. The SMILES string of the molecule is CCNC(=NCc1ccc(C)cc1OCCOC)NCCCCN1CCN(C)CC1. The molecule has 1 aliphatic rings. The van der Waals surface area contributed by atoms with E-state index in [1.807, 2.05) is 0 Å². The number of hydrogen-bond acceptors (Lipinski definition) is 5. The van der Waals surface area contributed by atoms with Crippen molar-refractivity contribution >= 4 is 5.96 Å². The molecular weight excluding hydrogens is 378 g/mol. The van der Waals surface area contributed by atoms with E-state index >= 15 is 0 Å². The van der Waals surface area contributed by atoms with Crippen LogP contribution in [0.1, 0.15) is 30.9 Å². The zero-order chi connectivity index (χ0) is 21.6. The molecule has 0 aromatic heterocycles. The molecule has 0 saturated carbocycles. The molecule has 1 heterocycles. The smallest absolute Gasteiger partial charge is 0.191 e. The second-order valence-electron chi connectivity index (χ2n) is 7.93. The molecule has 2 N–H and O–H groups in total. The third-order valence-corrected chi connectivity index (χ3v) is 5.31. The average molecular weight is 420 g/mol. The summed E-state index contributed by atoms with van der Waals surface area (Å²) in [6.45, 7) is 13.6. The van der Waals surface area contributed by atoms with Gasteiger partial charge in [-0.05, 0) is 51.9 Å². The van der Waals surface area contributed by atoms with Gasteiger partial charge in [-0.15, -0.1) is 0 Å². The van der Waals surface area contributed by atoms with Crippen LogP contribution in [0.5, 0.6) is 5.75 Å². The van der Waals surface area contributed by atoms with Crippen molar-refractivity contribution in [2.45, 2.75) is 33.2 Å². The minimum absolute atomic E-state index is 0.544. The minimum Gasteiger partial charge on any atom is -0.491 e. The first-order valence-electron chi connectivity index (χ1n) is 11.3. The van der Waals surface area contributed by atoms with Crippen LogP contribution in [0.15, 0.2) is 23.2 Å². The molecule has 1 aliphatic heterocycles. The van der Waals surface area contributed by atoms with Gasteiger partial charge in [0.25, 0.3) is 0 Å². The summed E-state index contributed by atoms with van der Waals surface area (Å²) in [5, 5.41) is 6.81. The Bertz CT molecular complexity index is 630. The second kappa shape index (κ2) is 14.2. The van der Waals surface area contributed by atoms with E-state index in [1.165, 1.54) is 44.7 Å². The van der Waals surface area contributed by atoms with Crippen LogP contribution < -0.4 is 15.4 Å². The van der Waals surface area contributed by atoms with Crippen molar-refractivity contribution < 1.29 is 9.47 Å². The number of methoxy groups -OCH3 is 1. The standard InChI is InChI=1S/C23H41N5O2/c1-5-24-23(25-10-6-7-11-28-14-12-27(3)13-15-28)26-19-21-9-8-20(2)18-22(21)30-17-16-29-4/h8-9,18H,5-7,10-17,19H2,1-4H3,(H2,24,25,26). The summed E-state index contributed by atoms with van der Waals surface area (Å²) in [5.41, 5.74) is 2.27. The molecule has 30 heavy (non-hydrogen) atoms. The molecule has 0 aliphatic carbocycles. The van der Waals surface area contributed by atoms with Crippen molar-refractivity contribution in [3.8, 4) is 5.75 Å². The summed E-state index contributed by atoms with van der Waals surface area (Å²) < 4.78 is 11.0. The van der Waals surface area contributed by atoms with Crippen LogP contribution in [-0.4, -0.2) is 88.9 Å². The molecule has 7 heteroatoms. The molecule has 0 unspecified atom stereocenters. The monoisotopic (exact) mass is 419 g/mol. The highest BCUT2D eigenvalue weighted by Crippen LogP contribution is 2.21. The van der Waals surface area contributed by atoms with E-state index in [0.29, 0.717) is 19.8 Å². The van der Waals surface area contributed by atoms with E-state index in [2.05, 4.69) is 59.5 Å². The number of benzene rings is 1. The van der Waals surface area contributed by atoms with E-state index in [4.69, 9.17) is 14.5 Å². The number of nitrogens with zero attached hydrogens (tertiary/aromatic N) is 3. The van der Waals surface area contributed by atoms with Crippen molar-refractivity contribution in [1.82, 2.24) is 20.4 Å². The van der Waals surface area contributed by atoms with Gasteiger partial charge in [0.05, 0.1) is 13.2 Å². The largest absolute Gasteiger partial charge is 0.491 e. The van der Waals surface area contributed by atoms with Crippen molar-refractivity contribution in [3.63, 3.8) is 0 Å². The fourth-order valence-electron chi connectivity index (χ4n) is 3.41. The van der Waals surface area contributed by atoms with Crippen LogP contribution in [0.3, 0.4) is 0 Å². The normalized spacial score (nSPS) is 15.9. The zero-order valence-corrected chi connectivity index (χ0v) is 19.4. The third kappa shape index (κ3) is 9.32. The number of rotatable bonds is 12. The number of likely N-dealkylation sites (N-methyl/N-ethyl adjacent to an activating group) is 1. The molecule has 0 spiro atoms. The van der Waals surface area contributed by atoms with Gasteiger partial charge in [0.15, 0.2) is 5.96 Å². The maximum atomic E-state index is 5.89. The maximum absolute atomic E-state index is 5.89. The van der Waals surface area contributed by atoms with Crippen molar-refractivity contribution in [1.29, 1.82) is 0 Å². The summed E-state index contributed by atoms with van der Waals surface area (Å²) in [6.07, 6.45) is 2.36. The van der Waals surface area contributed by atoms with Gasteiger partial charge in [0, 0.05) is 51.9 Å². The van der Waals surface area contributed by atoms with Crippen LogP contribution in [0.25, 0.3) is 0 Å². The first kappa shape index (κ1) is 24.4. The predicted molar refractivity (Wildman–Crippen MR) is 125 cm³/mol. The van der Waals surface area contributed by atoms with Gasteiger partial charge in [-0.1, -0.05) is 12.1 Å². The topological polar surface area (TPSA) is 61.4 Å². The van der Waals surface area contributed by atoms with Crippen molar-refractivity contribution in [3.05, 3.63) is 29.3 Å². The summed E-state index contributed by atoms with van der Waals surface area (Å²) in [6, 6.07) is 6.27. The van der Waals surface area contributed by atoms with Gasteiger partial charge in [0.1, 0.15) is 12.4 Å². The lowest BCUT2D eigenvalue weighted by atomic mass is 10.1. The van der Waals surface area contributed by atoms with Crippen molar-refractivity contribution in [2.24, 2.45) is 4.99 Å². The minimum atomic E-state index is 0.544. The van der Waals surface area contributed by atoms with Crippen LogP contribution in [0.4, 0.5) is 0 Å². The first-order chi connectivity index (χ1) is 14.6. The lowest BCUT2D eigenvalue weighted by Crippen LogP contribution is -2.44. The number of nitrogens with one attached hydrogen (secondary N) is 2. The van der Waals surface area contributed by atoms with E-state index < -0.39 is 0 Å². The highest BCUT2D eigenvalue weighted by molar-refractivity contribution is 5.79. The van der Waals surface area contributed by atoms with Gasteiger partial charge in [-0.25, -0.2) is 4.99 Å². The fraction of sp³-hybridized carbons (Fsp3) is 0.696. The van der Waals surface area contributed by atoms with Crippen LogP contribution in [0, 0.1) is 6.92 Å². The lowest BCUT2D eigenvalue weighted by molar-refractivity contribution is 0.145. The summed E-state index contributed by atoms with van der Waals surface area (Å²) in [4.78, 5) is 9.74. The molecule has 1 aromatic rings. The molecule has 1 saturated heterocycles. The average Bonchev–Trinajstić information content (AvgIpc) is 2.74. The molecule has 170 valence electrons. The van der Waals surface area contributed by atoms with Crippen molar-refractivity contribution in [2.75, 3.05) is 73.2 Å². The van der Waals surface area contributed by atoms with Crippen LogP contribution in [-0.2, 0) is 11.3 Å². The van der Waals surface area contributed by atoms with Gasteiger partial charge < -0.3 is 29.9 Å². The number of guanidine groups is 1. The number of ether oxygens (including phenoxy) is 2. The maximum Gasteiger partial charge on any atom is 0.191 e. The quantitative estimate of drug-likeness (QED) is 0.307. The number of aliphatic imine (C=N–C) groups is 1. The Kier molecular flexibility index (Phi) is 11.6. The Hall–Kier alpha value is -1.83. The van der Waals surface area contributed by atoms with E-state index in [9.17, 15) is 0 Å². The summed E-state index contributed by atoms with van der Waals surface area (Å²) in [7, 11) is 3.89. The Balaban J connectivity index is 1.78. The van der Waals surface area contributed by atoms with Crippen LogP contribution in [0.2, 0.25) is 0 Å². The van der Waals surface area contributed by atoms with Gasteiger partial charge >= 0.3 is 0 Å². The molecule has 0 bridgehead atoms. The summed E-state index contributed by atoms with van der Waals surface area (Å²) in [5.74, 6) is 1.75. The molecule has 1 aromatic carbocycles. The molecule has 1 fully saturated rings. The van der Waals surface area contributed by atoms with E-state index in [0.717, 1.165) is 36.8 Å². The molecular formula is C23H41N5O2. The number of unbranched alkanes of at least 4 members (excludes halogenated alkanes) is 1. The zero-order valence-electron chi connectivity index (χ0n) is 19.4. The van der Waals surface area contributed by atoms with Gasteiger partial charge in [-0.3, -0.25) is 0 Å². The molecule has 0 radical (unpaired) electrons. The number of hydrogen-bond donors (Lipinski definition) is 2. The molecule has 7 nitrogen and oxygen atoms in total. The Labute approximate surface area is 182 Å². The Morgan fingerprint density at radius 2 is 1.90 bits per heavy atom. The highest BCUT2D eigenvalue weighted by Gasteiger charge is 2.12. The lowest BCUT2D eigenvalue weighted by Gasteiger charge is -2.32. The van der Waals surface area contributed by atoms with E-state index in [1.54, 1.807) is 7.11 Å². The molecule has 0 atom stereocenters. The predicted octanol–water partition coefficient (Wildman–Crippen LogP) is 2.10. The molecule has 0 amide bonds. The van der Waals surface area contributed by atoms with E-state index in [-0.39, 0.29) is 0 Å². The molecule has 2 rings (SSSR count).